The van der Waals surface area contributed by atoms with Gasteiger partial charge in [0.2, 0.25) is 0 Å². The largest absolute Gasteiger partial charge is 0.462 e. The molecule has 0 bridgehead atoms. The lowest BCUT2D eigenvalue weighted by Crippen LogP contribution is -2.41. The molecule has 1 saturated carbocycles. The third-order valence-electron chi connectivity index (χ3n) is 6.04. The maximum Gasteiger partial charge on any atom is 0.338 e. The monoisotopic (exact) mass is 572 g/mol. The van der Waals surface area contributed by atoms with E-state index >= 15 is 0 Å². The van der Waals surface area contributed by atoms with E-state index in [4.69, 9.17) is 30.0 Å². The number of benzene rings is 3. The van der Waals surface area contributed by atoms with Gasteiger partial charge in [0.1, 0.15) is 17.4 Å². The molecule has 11 heteroatoms. The molecule has 0 amide bonds. The fourth-order valence-corrected chi connectivity index (χ4v) is 4.97. The number of esters is 3. The Kier molecular flexibility index (Phi) is 9.34. The predicted molar refractivity (Wildman–Crippen MR) is 141 cm³/mol. The zero-order chi connectivity index (χ0) is 27.8. The van der Waals surface area contributed by atoms with Gasteiger partial charge in [-0.2, -0.15) is 8.42 Å². The second kappa shape index (κ2) is 12.9. The molecule has 3 aromatic carbocycles. The highest BCUT2D eigenvalue weighted by atomic mass is 35.5. The van der Waals surface area contributed by atoms with E-state index in [0.29, 0.717) is 5.56 Å². The summed E-state index contributed by atoms with van der Waals surface area (Å²) in [5.41, 5.74) is 0.727. The first kappa shape index (κ1) is 28.3. The van der Waals surface area contributed by atoms with Crippen molar-refractivity contribution in [2.45, 2.75) is 24.7 Å². The van der Waals surface area contributed by atoms with Crippen molar-refractivity contribution in [1.82, 2.24) is 0 Å². The quantitative estimate of drug-likeness (QED) is 0.152. The second-order valence-electron chi connectivity index (χ2n) is 8.73. The zero-order valence-corrected chi connectivity index (χ0v) is 22.1. The van der Waals surface area contributed by atoms with Crippen LogP contribution in [-0.4, -0.2) is 56.5 Å². The Hall–Kier alpha value is -3.73. The van der Waals surface area contributed by atoms with Crippen LogP contribution in [0, 0.1) is 5.92 Å². The molecule has 9 nitrogen and oxygen atoms in total. The van der Waals surface area contributed by atoms with E-state index in [9.17, 15) is 22.8 Å². The molecule has 204 valence electrons. The molecule has 0 aliphatic heterocycles. The molecule has 1 fully saturated rings. The van der Waals surface area contributed by atoms with Gasteiger partial charge in [-0.15, -0.1) is 11.6 Å². The maximum absolute atomic E-state index is 13.0. The molecule has 1 aliphatic carbocycles. The first-order valence-electron chi connectivity index (χ1n) is 12.0. The van der Waals surface area contributed by atoms with Crippen LogP contribution >= 0.6 is 11.6 Å². The molecule has 4 unspecified atom stereocenters. The molecule has 0 spiro atoms. The van der Waals surface area contributed by atoms with E-state index in [1.54, 1.807) is 78.9 Å². The van der Waals surface area contributed by atoms with Crippen LogP contribution in [0.2, 0.25) is 0 Å². The highest BCUT2D eigenvalue weighted by Gasteiger charge is 2.51. The molecule has 0 radical (unpaired) electrons. The number of ether oxygens (including phenoxy) is 3. The van der Waals surface area contributed by atoms with Gasteiger partial charge in [-0.3, -0.25) is 4.18 Å². The van der Waals surface area contributed by atoms with E-state index in [1.165, 1.54) is 12.1 Å². The molecule has 0 N–H and O–H groups in total. The van der Waals surface area contributed by atoms with Gasteiger partial charge < -0.3 is 14.2 Å². The summed E-state index contributed by atoms with van der Waals surface area (Å²) in [6.45, 7) is -0.263. The highest BCUT2D eigenvalue weighted by Crippen LogP contribution is 2.36. The lowest BCUT2D eigenvalue weighted by molar-refractivity contribution is -0.0590. The molecule has 4 atom stereocenters. The van der Waals surface area contributed by atoms with Crippen molar-refractivity contribution in [3.05, 3.63) is 108 Å². The van der Waals surface area contributed by atoms with E-state index in [2.05, 4.69) is 0 Å². The highest BCUT2D eigenvalue weighted by molar-refractivity contribution is 7.87. The smallest absolute Gasteiger partial charge is 0.338 e. The van der Waals surface area contributed by atoms with Crippen LogP contribution in [0.15, 0.2) is 91.0 Å². The van der Waals surface area contributed by atoms with Crippen LogP contribution in [0.1, 0.15) is 37.5 Å². The molecule has 3 aromatic rings. The summed E-state index contributed by atoms with van der Waals surface area (Å²) in [5.74, 6) is -2.91. The number of carbonyl (C=O) groups is 3. The molecule has 1 aliphatic rings. The molecule has 39 heavy (non-hydrogen) atoms. The number of carbonyl (C=O) groups excluding carboxylic acids is 3. The normalized spacial score (nSPS) is 20.6. The summed E-state index contributed by atoms with van der Waals surface area (Å²) in [6, 6.07) is 24.4. The van der Waals surface area contributed by atoms with Crippen LogP contribution in [0.4, 0.5) is 0 Å². The SMILES string of the molecule is O=C(OCC1CC(OS(=O)(=O)CCl)C(OC(=O)c2ccccc2)C1OC(=O)c1ccccc1)c1ccccc1. The zero-order valence-electron chi connectivity index (χ0n) is 20.6. The number of alkyl halides is 1. The fourth-order valence-electron chi connectivity index (χ4n) is 4.20. The number of hydrogen-bond donors (Lipinski definition) is 0. The Labute approximate surface area is 230 Å². The third kappa shape index (κ3) is 7.44. The second-order valence-corrected chi connectivity index (χ2v) is 10.9. The van der Waals surface area contributed by atoms with Gasteiger partial charge in [0.25, 0.3) is 10.1 Å². The van der Waals surface area contributed by atoms with Crippen LogP contribution in [0.5, 0.6) is 0 Å². The Morgan fingerprint density at radius 1 is 0.692 bits per heavy atom. The topological polar surface area (TPSA) is 122 Å². The summed E-state index contributed by atoms with van der Waals surface area (Å²) in [5, 5.41) is -0.842. The number of hydrogen-bond acceptors (Lipinski definition) is 9. The van der Waals surface area contributed by atoms with Crippen molar-refractivity contribution < 1.29 is 41.2 Å². The average Bonchev–Trinajstić information content (AvgIpc) is 3.27. The molecular formula is C28H25ClO9S. The Balaban J connectivity index is 1.63. The molecule has 0 saturated heterocycles. The minimum absolute atomic E-state index is 0.0718. The van der Waals surface area contributed by atoms with Gasteiger partial charge >= 0.3 is 17.9 Å². The summed E-state index contributed by atoms with van der Waals surface area (Å²) in [4.78, 5) is 38.6. The standard InChI is InChI=1S/C28H25ClO9S/c29-18-39(33,34)38-23-16-22(17-35-26(30)19-10-4-1-5-11-19)24(36-27(31)20-12-6-2-7-13-20)25(23)37-28(32)21-14-8-3-9-15-21/h1-15,22-25H,16-18H2. The molecule has 0 aromatic heterocycles. The Bertz CT molecular complexity index is 1380. The summed E-state index contributed by atoms with van der Waals surface area (Å²) in [6.07, 6.45) is -3.87. The summed E-state index contributed by atoms with van der Waals surface area (Å²) >= 11 is 5.55. The lowest BCUT2D eigenvalue weighted by Gasteiger charge is -2.26. The minimum Gasteiger partial charge on any atom is -0.462 e. The van der Waals surface area contributed by atoms with E-state index in [1.807, 2.05) is 0 Å². The van der Waals surface area contributed by atoms with Crippen molar-refractivity contribution in [2.75, 3.05) is 11.8 Å². The average molecular weight is 573 g/mol. The van der Waals surface area contributed by atoms with E-state index in [0.717, 1.165) is 0 Å². The van der Waals surface area contributed by atoms with Gasteiger partial charge in [-0.05, 0) is 42.8 Å². The first-order chi connectivity index (χ1) is 18.8. The lowest BCUT2D eigenvalue weighted by atomic mass is 10.1. The van der Waals surface area contributed by atoms with Crippen LogP contribution in [-0.2, 0) is 28.5 Å². The van der Waals surface area contributed by atoms with Crippen LogP contribution in [0.3, 0.4) is 0 Å². The van der Waals surface area contributed by atoms with Gasteiger partial charge in [-0.25, -0.2) is 14.4 Å². The van der Waals surface area contributed by atoms with Crippen molar-refractivity contribution in [3.8, 4) is 0 Å². The van der Waals surface area contributed by atoms with Crippen LogP contribution < -0.4 is 0 Å². The van der Waals surface area contributed by atoms with Crippen molar-refractivity contribution in [2.24, 2.45) is 5.92 Å². The van der Waals surface area contributed by atoms with Crippen molar-refractivity contribution >= 4 is 39.6 Å². The Morgan fingerprint density at radius 2 is 1.13 bits per heavy atom. The summed E-state index contributed by atoms with van der Waals surface area (Å²) in [7, 11) is -4.21. The maximum atomic E-state index is 13.0. The van der Waals surface area contributed by atoms with Gasteiger partial charge in [0.05, 0.1) is 23.3 Å². The number of halogens is 1. The van der Waals surface area contributed by atoms with E-state index < -0.39 is 57.5 Å². The van der Waals surface area contributed by atoms with E-state index in [-0.39, 0.29) is 24.2 Å². The van der Waals surface area contributed by atoms with Gasteiger partial charge in [0.15, 0.2) is 6.10 Å². The van der Waals surface area contributed by atoms with Crippen molar-refractivity contribution in [1.29, 1.82) is 0 Å². The number of rotatable bonds is 10. The van der Waals surface area contributed by atoms with Crippen molar-refractivity contribution in [3.63, 3.8) is 0 Å². The Morgan fingerprint density at radius 3 is 1.59 bits per heavy atom. The molecule has 0 heterocycles. The van der Waals surface area contributed by atoms with Gasteiger partial charge in [0, 0.05) is 5.92 Å². The predicted octanol–water partition coefficient (Wildman–Crippen LogP) is 4.23. The molecular weight excluding hydrogens is 548 g/mol. The fraction of sp³-hybridized carbons (Fsp3) is 0.250. The summed E-state index contributed by atoms with van der Waals surface area (Å²) < 4.78 is 46.7. The van der Waals surface area contributed by atoms with Gasteiger partial charge in [-0.1, -0.05) is 54.6 Å². The van der Waals surface area contributed by atoms with Crippen LogP contribution in [0.25, 0.3) is 0 Å². The molecule has 4 rings (SSSR count). The third-order valence-corrected chi connectivity index (χ3v) is 7.65. The first-order valence-corrected chi connectivity index (χ1v) is 14.1. The minimum atomic E-state index is -4.21.